The summed E-state index contributed by atoms with van der Waals surface area (Å²) >= 11 is 0. The maximum absolute atomic E-state index is 13.7. The Hall–Kier alpha value is -3.52. The average molecular weight is 610 g/mol. The predicted molar refractivity (Wildman–Crippen MR) is 177 cm³/mol. The van der Waals surface area contributed by atoms with Crippen molar-refractivity contribution in [1.29, 1.82) is 0 Å². The zero-order chi connectivity index (χ0) is 30.8. The van der Waals surface area contributed by atoms with Gasteiger partial charge in [-0.05, 0) is 92.1 Å². The van der Waals surface area contributed by atoms with Gasteiger partial charge in [0.05, 0.1) is 10.9 Å². The van der Waals surface area contributed by atoms with E-state index in [-0.39, 0.29) is 28.2 Å². The molecule has 6 nitrogen and oxygen atoms in total. The van der Waals surface area contributed by atoms with Gasteiger partial charge >= 0.3 is 0 Å². The molecule has 0 aromatic heterocycles. The lowest BCUT2D eigenvalue weighted by Gasteiger charge is -2.52. The van der Waals surface area contributed by atoms with E-state index in [1.807, 2.05) is 65.6 Å². The van der Waals surface area contributed by atoms with Crippen molar-refractivity contribution in [3.8, 4) is 0 Å². The molecule has 0 radical (unpaired) electrons. The van der Waals surface area contributed by atoms with Crippen molar-refractivity contribution in [3.05, 3.63) is 114 Å². The van der Waals surface area contributed by atoms with Crippen molar-refractivity contribution >= 4 is 26.7 Å². The number of amides is 1. The third-order valence-corrected chi connectivity index (χ3v) is 11.9. The topological polar surface area (TPSA) is 69.7 Å². The third kappa shape index (κ3) is 6.19. The highest BCUT2D eigenvalue weighted by atomic mass is 32.2. The summed E-state index contributed by atoms with van der Waals surface area (Å²) in [7, 11) is 0.533. The van der Waals surface area contributed by atoms with Crippen LogP contribution in [0.5, 0.6) is 0 Å². The Morgan fingerprint density at radius 1 is 0.773 bits per heavy atom. The van der Waals surface area contributed by atoms with Crippen LogP contribution in [0.25, 0.3) is 10.8 Å². The molecule has 4 aromatic rings. The first-order valence-electron chi connectivity index (χ1n) is 15.8. The summed E-state index contributed by atoms with van der Waals surface area (Å²) in [5, 5.41) is 1.84. The van der Waals surface area contributed by atoms with Gasteiger partial charge < -0.3 is 4.90 Å². The number of carbonyl (C=O) groups is 1. The van der Waals surface area contributed by atoms with Crippen molar-refractivity contribution in [2.45, 2.75) is 61.4 Å². The molecule has 4 aromatic carbocycles. The summed E-state index contributed by atoms with van der Waals surface area (Å²) in [5.41, 5.74) is 2.50. The van der Waals surface area contributed by atoms with E-state index >= 15 is 0 Å². The first-order chi connectivity index (χ1) is 21.2. The molecule has 230 valence electrons. The highest BCUT2D eigenvalue weighted by Crippen LogP contribution is 2.52. The number of hydrogen-bond donors (Lipinski definition) is 1. The number of piperidine rings is 1. The van der Waals surface area contributed by atoms with E-state index in [2.05, 4.69) is 54.0 Å². The molecule has 1 amide bonds. The summed E-state index contributed by atoms with van der Waals surface area (Å²) in [6.45, 7) is 1.44. The second-order valence-corrected chi connectivity index (χ2v) is 14.7. The molecule has 1 saturated heterocycles. The van der Waals surface area contributed by atoms with E-state index in [1.54, 1.807) is 12.1 Å². The Morgan fingerprint density at radius 2 is 1.36 bits per heavy atom. The van der Waals surface area contributed by atoms with E-state index in [9.17, 15) is 13.2 Å². The van der Waals surface area contributed by atoms with Gasteiger partial charge in [0, 0.05) is 25.0 Å². The Morgan fingerprint density at radius 3 is 2.00 bits per heavy atom. The van der Waals surface area contributed by atoms with Crippen LogP contribution in [-0.4, -0.2) is 51.3 Å². The van der Waals surface area contributed by atoms with Crippen molar-refractivity contribution < 1.29 is 13.2 Å². The smallest absolute Gasteiger partial charge is 0.241 e. The Labute approximate surface area is 262 Å². The van der Waals surface area contributed by atoms with Gasteiger partial charge in [-0.1, -0.05) is 91.0 Å². The number of fused-ring (bicyclic) bond motifs is 1. The molecule has 1 aliphatic carbocycles. The summed E-state index contributed by atoms with van der Waals surface area (Å²) in [4.78, 5) is 18.3. The Bertz CT molecular complexity index is 1690. The average Bonchev–Trinajstić information content (AvgIpc) is 3.05. The molecular weight excluding hydrogens is 566 g/mol. The van der Waals surface area contributed by atoms with Gasteiger partial charge in [0.2, 0.25) is 15.9 Å². The second kappa shape index (κ2) is 12.5. The molecule has 7 heteroatoms. The summed E-state index contributed by atoms with van der Waals surface area (Å²) in [6, 6.07) is 32.5. The number of rotatable bonds is 8. The van der Waals surface area contributed by atoms with Crippen LogP contribution < -0.4 is 4.72 Å². The third-order valence-electron chi connectivity index (χ3n) is 10.4. The van der Waals surface area contributed by atoms with Crippen LogP contribution in [0.15, 0.2) is 108 Å². The first-order valence-corrected chi connectivity index (χ1v) is 17.3. The molecule has 1 atom stereocenters. The van der Waals surface area contributed by atoms with E-state index in [0.29, 0.717) is 0 Å². The number of carbonyl (C=O) groups excluding carboxylic acids is 1. The Balaban J connectivity index is 1.13. The van der Waals surface area contributed by atoms with Crippen molar-refractivity contribution in [1.82, 2.24) is 14.5 Å². The first kappa shape index (κ1) is 30.5. The van der Waals surface area contributed by atoms with Crippen LogP contribution in [0, 0.1) is 5.41 Å². The number of likely N-dealkylation sites (tertiary alicyclic amines) is 1. The number of nitrogens with zero attached hydrogens (tertiary/aromatic N) is 2. The summed E-state index contributed by atoms with van der Waals surface area (Å²) in [6.07, 6.45) is 6.61. The van der Waals surface area contributed by atoms with Gasteiger partial charge in [-0.25, -0.2) is 13.1 Å². The maximum atomic E-state index is 13.7. The van der Waals surface area contributed by atoms with Gasteiger partial charge in [0.15, 0.2) is 0 Å². The highest BCUT2D eigenvalue weighted by Gasteiger charge is 2.46. The van der Waals surface area contributed by atoms with Crippen LogP contribution in [0.1, 0.15) is 62.1 Å². The Kier molecular flexibility index (Phi) is 8.64. The number of nitrogens with one attached hydrogen (secondary N) is 1. The molecule has 6 rings (SSSR count). The van der Waals surface area contributed by atoms with Crippen molar-refractivity contribution in [2.75, 3.05) is 27.2 Å². The monoisotopic (exact) mass is 609 g/mol. The normalized spacial score (nSPS) is 18.8. The highest BCUT2D eigenvalue weighted by molar-refractivity contribution is 7.89. The fourth-order valence-corrected chi connectivity index (χ4v) is 8.73. The van der Waals surface area contributed by atoms with Gasteiger partial charge in [-0.3, -0.25) is 9.69 Å². The van der Waals surface area contributed by atoms with Crippen molar-refractivity contribution in [3.63, 3.8) is 0 Å². The number of benzene rings is 4. The number of hydrogen-bond acceptors (Lipinski definition) is 4. The summed E-state index contributed by atoms with van der Waals surface area (Å²) < 4.78 is 30.0. The SMILES string of the molecule is CN(C)C1(c2ccccc2)CCC2(CCN(C(=O)C[C@@H](NS(=O)(=O)c3ccc4ccccc4c3)c3ccccc3)CC2)CC1. The molecule has 2 aliphatic rings. The largest absolute Gasteiger partial charge is 0.343 e. The van der Waals surface area contributed by atoms with Gasteiger partial charge in [0.1, 0.15) is 0 Å². The van der Waals surface area contributed by atoms with Crippen LogP contribution in [0.3, 0.4) is 0 Å². The lowest BCUT2D eigenvalue weighted by atomic mass is 9.61. The number of sulfonamides is 1. The van der Waals surface area contributed by atoms with E-state index < -0.39 is 16.1 Å². The van der Waals surface area contributed by atoms with Crippen LogP contribution in [-0.2, 0) is 20.4 Å². The van der Waals surface area contributed by atoms with Crippen molar-refractivity contribution in [2.24, 2.45) is 5.41 Å². The zero-order valence-electron chi connectivity index (χ0n) is 25.8. The quantitative estimate of drug-likeness (QED) is 0.236. The molecule has 1 saturated carbocycles. The molecule has 1 aliphatic heterocycles. The lowest BCUT2D eigenvalue weighted by Crippen LogP contribution is -2.50. The molecule has 1 spiro atoms. The molecule has 2 fully saturated rings. The fraction of sp³-hybridized carbons (Fsp3) is 0.378. The minimum absolute atomic E-state index is 0.00218. The standard InChI is InChI=1S/C37H43N3O3S/c1-39(2)37(32-15-7-4-8-16-32)21-19-36(20-22-37)23-25-40(26-24-36)35(41)28-34(30-12-5-3-6-13-30)38-44(42,43)33-18-17-29-11-9-10-14-31(29)27-33/h3-18,27,34,38H,19-26,28H2,1-2H3/t34-/m1/s1. The van der Waals surface area contributed by atoms with Crippen LogP contribution in [0.4, 0.5) is 0 Å². The molecule has 44 heavy (non-hydrogen) atoms. The molecular formula is C37H43N3O3S. The van der Waals surface area contributed by atoms with E-state index in [0.717, 1.165) is 68.0 Å². The predicted octanol–water partition coefficient (Wildman–Crippen LogP) is 6.89. The molecule has 0 bridgehead atoms. The molecule has 1 N–H and O–H groups in total. The summed E-state index contributed by atoms with van der Waals surface area (Å²) in [5.74, 6) is -0.00218. The van der Waals surface area contributed by atoms with Crippen LogP contribution in [0.2, 0.25) is 0 Å². The molecule has 0 unspecified atom stereocenters. The van der Waals surface area contributed by atoms with E-state index in [4.69, 9.17) is 0 Å². The fourth-order valence-electron chi connectivity index (χ4n) is 7.47. The van der Waals surface area contributed by atoms with E-state index in [1.165, 1.54) is 5.56 Å². The lowest BCUT2D eigenvalue weighted by molar-refractivity contribution is -0.134. The van der Waals surface area contributed by atoms with Gasteiger partial charge in [0.25, 0.3) is 0 Å². The van der Waals surface area contributed by atoms with Gasteiger partial charge in [-0.15, -0.1) is 0 Å². The van der Waals surface area contributed by atoms with Crippen LogP contribution >= 0.6 is 0 Å². The zero-order valence-corrected chi connectivity index (χ0v) is 26.6. The molecule has 1 heterocycles. The van der Waals surface area contributed by atoms with Gasteiger partial charge in [-0.2, -0.15) is 0 Å². The minimum atomic E-state index is -3.86. The minimum Gasteiger partial charge on any atom is -0.343 e. The maximum Gasteiger partial charge on any atom is 0.241 e. The second-order valence-electron chi connectivity index (χ2n) is 13.0.